The van der Waals surface area contributed by atoms with E-state index in [-0.39, 0.29) is 18.8 Å². The van der Waals surface area contributed by atoms with Gasteiger partial charge < -0.3 is 19.6 Å². The minimum absolute atomic E-state index is 0.0277. The summed E-state index contributed by atoms with van der Waals surface area (Å²) in [5, 5.41) is 12.8. The van der Waals surface area contributed by atoms with E-state index >= 15 is 0 Å². The molecule has 0 aliphatic heterocycles. The number of para-hydroxylation sites is 1. The molecule has 2 N–H and O–H groups in total. The van der Waals surface area contributed by atoms with Crippen LogP contribution in [0.4, 0.5) is 5.69 Å². The summed E-state index contributed by atoms with van der Waals surface area (Å²) in [5.41, 5.74) is 1.71. The standard InChI is InChI=1S/C18H14BrNO5/c19-14-3-1-2-4-15(14)20-17(22)10-25-18(23)7-11-9-24-16-8-12(21)5-6-13(11)16/h1-6,8-9,21H,7,10H2,(H,20,22). The molecule has 3 rings (SSSR count). The van der Waals surface area contributed by atoms with Crippen molar-refractivity contribution in [3.8, 4) is 5.75 Å². The monoisotopic (exact) mass is 403 g/mol. The average Bonchev–Trinajstić information content (AvgIpc) is 2.97. The van der Waals surface area contributed by atoms with Gasteiger partial charge in [0.25, 0.3) is 5.91 Å². The van der Waals surface area contributed by atoms with E-state index in [0.717, 1.165) is 4.47 Å². The van der Waals surface area contributed by atoms with Crippen LogP contribution in [0.1, 0.15) is 5.56 Å². The number of carbonyl (C=O) groups excluding carboxylic acids is 2. The number of hydrogen-bond donors (Lipinski definition) is 2. The zero-order valence-electron chi connectivity index (χ0n) is 13.0. The number of fused-ring (bicyclic) bond motifs is 1. The number of hydrogen-bond acceptors (Lipinski definition) is 5. The fourth-order valence-corrected chi connectivity index (χ4v) is 2.69. The average molecular weight is 404 g/mol. The highest BCUT2D eigenvalue weighted by Gasteiger charge is 2.14. The summed E-state index contributed by atoms with van der Waals surface area (Å²) in [7, 11) is 0. The molecule has 0 fully saturated rings. The van der Waals surface area contributed by atoms with Crippen LogP contribution >= 0.6 is 15.9 Å². The van der Waals surface area contributed by atoms with E-state index in [9.17, 15) is 14.7 Å². The number of carbonyl (C=O) groups is 2. The molecular formula is C18H14BrNO5. The maximum absolute atomic E-state index is 11.9. The van der Waals surface area contributed by atoms with Gasteiger partial charge in [0.05, 0.1) is 18.4 Å². The van der Waals surface area contributed by atoms with Crippen LogP contribution in [0.3, 0.4) is 0 Å². The number of amides is 1. The molecule has 0 radical (unpaired) electrons. The Morgan fingerprint density at radius 3 is 2.80 bits per heavy atom. The molecule has 0 saturated carbocycles. The van der Waals surface area contributed by atoms with Crippen molar-refractivity contribution in [3.05, 3.63) is 58.8 Å². The summed E-state index contributed by atoms with van der Waals surface area (Å²) in [4.78, 5) is 23.8. The molecule has 25 heavy (non-hydrogen) atoms. The van der Waals surface area contributed by atoms with Crippen molar-refractivity contribution < 1.29 is 23.8 Å². The van der Waals surface area contributed by atoms with Crippen molar-refractivity contribution in [1.29, 1.82) is 0 Å². The van der Waals surface area contributed by atoms with Gasteiger partial charge in [0.15, 0.2) is 6.61 Å². The Balaban J connectivity index is 1.55. The van der Waals surface area contributed by atoms with Gasteiger partial charge in [0, 0.05) is 21.5 Å². The predicted octanol–water partition coefficient (Wildman–Crippen LogP) is 3.63. The van der Waals surface area contributed by atoms with Crippen molar-refractivity contribution in [3.63, 3.8) is 0 Å². The maximum atomic E-state index is 11.9. The van der Waals surface area contributed by atoms with Gasteiger partial charge in [-0.2, -0.15) is 0 Å². The molecular weight excluding hydrogens is 390 g/mol. The number of aromatic hydroxyl groups is 1. The predicted molar refractivity (Wildman–Crippen MR) is 95.3 cm³/mol. The fourth-order valence-electron chi connectivity index (χ4n) is 2.31. The first-order chi connectivity index (χ1) is 12.0. The van der Waals surface area contributed by atoms with Gasteiger partial charge in [-0.3, -0.25) is 9.59 Å². The Labute approximate surface area is 151 Å². The van der Waals surface area contributed by atoms with Crippen molar-refractivity contribution in [2.45, 2.75) is 6.42 Å². The molecule has 0 spiro atoms. The largest absolute Gasteiger partial charge is 0.508 e. The third-order valence-corrected chi connectivity index (χ3v) is 4.18. The first-order valence-electron chi connectivity index (χ1n) is 7.42. The van der Waals surface area contributed by atoms with Crippen LogP contribution in [0, 0.1) is 0 Å². The number of furan rings is 1. The molecule has 2 aromatic carbocycles. The molecule has 6 nitrogen and oxygen atoms in total. The first kappa shape index (κ1) is 17.0. The van der Waals surface area contributed by atoms with E-state index in [1.807, 2.05) is 6.07 Å². The Hall–Kier alpha value is -2.80. The number of phenolic OH excluding ortho intramolecular Hbond substituents is 1. The zero-order valence-corrected chi connectivity index (χ0v) is 14.6. The van der Waals surface area contributed by atoms with Crippen molar-refractivity contribution in [1.82, 2.24) is 0 Å². The number of halogens is 1. The van der Waals surface area contributed by atoms with Crippen molar-refractivity contribution >= 4 is 44.5 Å². The van der Waals surface area contributed by atoms with Gasteiger partial charge in [-0.1, -0.05) is 12.1 Å². The van der Waals surface area contributed by atoms with Gasteiger partial charge in [0.2, 0.25) is 0 Å². The molecule has 0 saturated heterocycles. The van der Waals surface area contributed by atoms with Crippen LogP contribution in [0.5, 0.6) is 5.75 Å². The summed E-state index contributed by atoms with van der Waals surface area (Å²) >= 11 is 3.32. The minimum atomic E-state index is -0.543. The second-order valence-corrected chi connectivity index (χ2v) is 6.16. The smallest absolute Gasteiger partial charge is 0.310 e. The van der Waals surface area contributed by atoms with Gasteiger partial charge in [-0.15, -0.1) is 0 Å². The molecule has 3 aromatic rings. The summed E-state index contributed by atoms with van der Waals surface area (Å²) in [6.45, 7) is -0.378. The van der Waals surface area contributed by atoms with E-state index in [1.54, 1.807) is 24.3 Å². The van der Waals surface area contributed by atoms with Crippen LogP contribution in [-0.2, 0) is 20.7 Å². The fraction of sp³-hybridized carbons (Fsp3) is 0.111. The quantitative estimate of drug-likeness (QED) is 0.635. The normalized spacial score (nSPS) is 10.6. The van der Waals surface area contributed by atoms with Crippen LogP contribution < -0.4 is 5.32 Å². The lowest BCUT2D eigenvalue weighted by Crippen LogP contribution is -2.21. The lowest BCUT2D eigenvalue weighted by molar-refractivity contribution is -0.146. The number of nitrogens with one attached hydrogen (secondary N) is 1. The van der Waals surface area contributed by atoms with Crippen LogP contribution in [0.25, 0.3) is 11.0 Å². The van der Waals surface area contributed by atoms with E-state index in [2.05, 4.69) is 21.2 Å². The lowest BCUT2D eigenvalue weighted by Gasteiger charge is -2.07. The van der Waals surface area contributed by atoms with Crippen LogP contribution in [-0.4, -0.2) is 23.6 Å². The topological polar surface area (TPSA) is 88.8 Å². The number of rotatable bonds is 5. The van der Waals surface area contributed by atoms with E-state index in [4.69, 9.17) is 9.15 Å². The number of benzene rings is 2. The third-order valence-electron chi connectivity index (χ3n) is 3.49. The molecule has 1 heterocycles. The second kappa shape index (κ2) is 7.40. The number of phenols is 1. The lowest BCUT2D eigenvalue weighted by atomic mass is 10.1. The summed E-state index contributed by atoms with van der Waals surface area (Å²) < 4.78 is 11.0. The number of esters is 1. The highest BCUT2D eigenvalue weighted by atomic mass is 79.9. The number of anilines is 1. The van der Waals surface area contributed by atoms with Gasteiger partial charge in [-0.25, -0.2) is 0 Å². The SMILES string of the molecule is O=C(COC(=O)Cc1coc2cc(O)ccc12)Nc1ccccc1Br. The van der Waals surface area contributed by atoms with Crippen molar-refractivity contribution in [2.24, 2.45) is 0 Å². The number of ether oxygens (including phenoxy) is 1. The molecule has 0 atom stereocenters. The van der Waals surface area contributed by atoms with E-state index in [0.29, 0.717) is 22.2 Å². The molecule has 0 unspecified atom stereocenters. The van der Waals surface area contributed by atoms with Crippen molar-refractivity contribution in [2.75, 3.05) is 11.9 Å². The van der Waals surface area contributed by atoms with Gasteiger partial charge in [-0.05, 0) is 40.2 Å². The highest BCUT2D eigenvalue weighted by molar-refractivity contribution is 9.10. The Bertz CT molecular complexity index is 934. The molecule has 1 amide bonds. The third kappa shape index (κ3) is 4.19. The molecule has 1 aromatic heterocycles. The minimum Gasteiger partial charge on any atom is -0.508 e. The zero-order chi connectivity index (χ0) is 17.8. The first-order valence-corrected chi connectivity index (χ1v) is 8.21. The van der Waals surface area contributed by atoms with Gasteiger partial charge >= 0.3 is 5.97 Å². The molecule has 0 aliphatic rings. The van der Waals surface area contributed by atoms with Crippen LogP contribution in [0.15, 0.2) is 57.6 Å². The molecule has 128 valence electrons. The summed E-state index contributed by atoms with van der Waals surface area (Å²) in [5.74, 6) is -0.889. The second-order valence-electron chi connectivity index (χ2n) is 5.31. The Morgan fingerprint density at radius 2 is 2.00 bits per heavy atom. The molecule has 7 heteroatoms. The van der Waals surface area contributed by atoms with E-state index < -0.39 is 11.9 Å². The molecule has 0 bridgehead atoms. The van der Waals surface area contributed by atoms with Gasteiger partial charge in [0.1, 0.15) is 11.3 Å². The Morgan fingerprint density at radius 1 is 1.20 bits per heavy atom. The van der Waals surface area contributed by atoms with Crippen LogP contribution in [0.2, 0.25) is 0 Å². The maximum Gasteiger partial charge on any atom is 0.310 e. The summed E-state index contributed by atoms with van der Waals surface area (Å²) in [6.07, 6.45) is 1.41. The molecule has 0 aliphatic carbocycles. The highest BCUT2D eigenvalue weighted by Crippen LogP contribution is 2.25. The Kier molecular flexibility index (Phi) is 5.04. The summed E-state index contributed by atoms with van der Waals surface area (Å²) in [6, 6.07) is 11.8. The van der Waals surface area contributed by atoms with E-state index in [1.165, 1.54) is 18.4 Å².